The predicted octanol–water partition coefficient (Wildman–Crippen LogP) is 3.97. The van der Waals surface area contributed by atoms with Gasteiger partial charge >= 0.3 is 0 Å². The molecule has 0 aliphatic rings. The average Bonchev–Trinajstić information content (AvgIpc) is 2.41. The van der Waals surface area contributed by atoms with Gasteiger partial charge < -0.3 is 15.5 Å². The van der Waals surface area contributed by atoms with E-state index in [-0.39, 0.29) is 17.3 Å². The van der Waals surface area contributed by atoms with Crippen molar-refractivity contribution in [3.8, 4) is 0 Å². The number of pyridine rings is 1. The minimum absolute atomic E-state index is 0.128. The molecule has 23 heavy (non-hydrogen) atoms. The molecule has 0 aliphatic carbocycles. The zero-order valence-corrected chi connectivity index (χ0v) is 15.7. The van der Waals surface area contributed by atoms with Crippen molar-refractivity contribution in [1.82, 2.24) is 10.3 Å². The van der Waals surface area contributed by atoms with Crippen molar-refractivity contribution >= 4 is 14.1 Å². The van der Waals surface area contributed by atoms with Crippen molar-refractivity contribution in [2.45, 2.75) is 57.8 Å². The molecule has 1 atom stereocenters. The molecule has 1 aromatic heterocycles. The van der Waals surface area contributed by atoms with Gasteiger partial charge in [-0.25, -0.2) is 13.8 Å². The monoisotopic (exact) mass is 345 g/mol. The first-order valence-electron chi connectivity index (χ1n) is 7.90. The van der Waals surface area contributed by atoms with Crippen molar-refractivity contribution in [3.63, 3.8) is 0 Å². The molecule has 1 aromatic rings. The molecule has 0 bridgehead atoms. The molecule has 0 saturated carbocycles. The predicted molar refractivity (Wildman–Crippen MR) is 93.2 cm³/mol. The maximum atomic E-state index is 12.8. The maximum absolute atomic E-state index is 12.8. The molecule has 0 amide bonds. The molecule has 1 heterocycles. The fraction of sp³-hybridized carbons (Fsp3) is 0.688. The van der Waals surface area contributed by atoms with Gasteiger partial charge in [-0.3, -0.25) is 0 Å². The van der Waals surface area contributed by atoms with Gasteiger partial charge in [-0.15, -0.1) is 0 Å². The largest absolute Gasteiger partial charge is 0.416 e. The van der Waals surface area contributed by atoms with Crippen LogP contribution in [-0.4, -0.2) is 32.9 Å². The summed E-state index contributed by atoms with van der Waals surface area (Å²) < 4.78 is 31.7. The third-order valence-corrected chi connectivity index (χ3v) is 8.96. The van der Waals surface area contributed by atoms with Crippen molar-refractivity contribution in [2.75, 3.05) is 18.9 Å². The number of alkyl halides is 2. The van der Waals surface area contributed by atoms with Gasteiger partial charge in [-0.05, 0) is 24.2 Å². The minimum atomic E-state index is -2.41. The van der Waals surface area contributed by atoms with Crippen LogP contribution in [0.25, 0.3) is 0 Å². The molecular weight excluding hydrogens is 316 g/mol. The van der Waals surface area contributed by atoms with Gasteiger partial charge in [0.2, 0.25) is 6.43 Å². The Balaban J connectivity index is 2.62. The number of halogens is 2. The summed E-state index contributed by atoms with van der Waals surface area (Å²) in [5.41, 5.74) is 6.42. The quantitative estimate of drug-likeness (QED) is 0.553. The fourth-order valence-electron chi connectivity index (χ4n) is 1.98. The van der Waals surface area contributed by atoms with Crippen LogP contribution < -0.4 is 11.1 Å². The van der Waals surface area contributed by atoms with Gasteiger partial charge in [0.25, 0.3) is 0 Å². The van der Waals surface area contributed by atoms with E-state index in [2.05, 4.69) is 44.2 Å². The van der Waals surface area contributed by atoms with E-state index in [4.69, 9.17) is 10.2 Å². The second-order valence-corrected chi connectivity index (χ2v) is 12.0. The molecule has 0 spiro atoms. The van der Waals surface area contributed by atoms with Crippen LogP contribution in [0.1, 0.15) is 38.8 Å². The second-order valence-electron chi connectivity index (χ2n) is 7.22. The summed E-state index contributed by atoms with van der Waals surface area (Å²) in [4.78, 5) is 3.98. The van der Waals surface area contributed by atoms with E-state index >= 15 is 0 Å². The highest BCUT2D eigenvalue weighted by Crippen LogP contribution is 2.36. The van der Waals surface area contributed by atoms with Crippen LogP contribution in [0.2, 0.25) is 18.1 Å². The highest BCUT2D eigenvalue weighted by Gasteiger charge is 2.36. The van der Waals surface area contributed by atoms with Crippen molar-refractivity contribution < 1.29 is 13.2 Å². The fourth-order valence-corrected chi connectivity index (χ4v) is 3.02. The van der Waals surface area contributed by atoms with Crippen LogP contribution in [-0.2, 0) is 4.43 Å². The summed E-state index contributed by atoms with van der Waals surface area (Å²) in [5, 5.41) is 3.26. The van der Waals surface area contributed by atoms with E-state index in [1.165, 1.54) is 0 Å². The number of nitrogens with zero attached hydrogens (tertiary/aromatic N) is 1. The van der Waals surface area contributed by atoms with E-state index in [1.54, 1.807) is 18.3 Å². The average molecular weight is 346 g/mol. The normalized spacial score (nSPS) is 14.3. The summed E-state index contributed by atoms with van der Waals surface area (Å²) in [6.45, 7) is 11.8. The summed E-state index contributed by atoms with van der Waals surface area (Å²) in [6, 6.07) is 2.92. The minimum Gasteiger partial charge on any atom is -0.416 e. The summed E-state index contributed by atoms with van der Waals surface area (Å²) in [6.07, 6.45) is -1.15. The standard InChI is InChI=1S/C16H29F2N3OSi/c1-16(2,3)23(4,5)22-10-9-20-13(11-14(17)18)12-7-6-8-21-15(12)19/h6-8,13-14,20H,9-11H2,1-5H3,(H2,19,21). The molecule has 0 aromatic carbocycles. The molecule has 7 heteroatoms. The third-order valence-electron chi connectivity index (χ3n) is 4.42. The van der Waals surface area contributed by atoms with Crippen LogP contribution in [0.5, 0.6) is 0 Å². The van der Waals surface area contributed by atoms with E-state index in [9.17, 15) is 8.78 Å². The Hall–Kier alpha value is -1.05. The van der Waals surface area contributed by atoms with E-state index in [1.807, 2.05) is 0 Å². The zero-order chi connectivity index (χ0) is 17.7. The van der Waals surface area contributed by atoms with Crippen molar-refractivity contribution in [2.24, 2.45) is 0 Å². The smallest absolute Gasteiger partial charge is 0.240 e. The van der Waals surface area contributed by atoms with Gasteiger partial charge in [-0.2, -0.15) is 0 Å². The van der Waals surface area contributed by atoms with Crippen LogP contribution in [0.15, 0.2) is 18.3 Å². The van der Waals surface area contributed by atoms with Crippen LogP contribution in [0.3, 0.4) is 0 Å². The number of anilines is 1. The molecule has 1 unspecified atom stereocenters. The SMILES string of the molecule is CC(C)(C)[Si](C)(C)OCCNC(CC(F)F)c1cccnc1N. The van der Waals surface area contributed by atoms with Gasteiger partial charge in [0.1, 0.15) is 5.82 Å². The highest BCUT2D eigenvalue weighted by atomic mass is 28.4. The lowest BCUT2D eigenvalue weighted by Gasteiger charge is -2.36. The first-order chi connectivity index (χ1) is 10.5. The summed E-state index contributed by atoms with van der Waals surface area (Å²) in [5.74, 6) is 0.288. The number of hydrogen-bond acceptors (Lipinski definition) is 4. The van der Waals surface area contributed by atoms with E-state index in [0.29, 0.717) is 18.7 Å². The molecule has 0 aliphatic heterocycles. The van der Waals surface area contributed by atoms with Gasteiger partial charge in [0.05, 0.1) is 0 Å². The Labute approximate surface area is 139 Å². The van der Waals surface area contributed by atoms with Crippen LogP contribution in [0, 0.1) is 0 Å². The molecule has 0 saturated heterocycles. The number of nitrogens with two attached hydrogens (primary N) is 1. The summed E-state index contributed by atoms with van der Waals surface area (Å²) in [7, 11) is -1.82. The Bertz CT molecular complexity index is 492. The number of hydrogen-bond donors (Lipinski definition) is 2. The van der Waals surface area contributed by atoms with Gasteiger partial charge in [-0.1, -0.05) is 26.8 Å². The van der Waals surface area contributed by atoms with Gasteiger partial charge in [0, 0.05) is 37.4 Å². The lowest BCUT2D eigenvalue weighted by molar-refractivity contribution is 0.121. The van der Waals surface area contributed by atoms with E-state index < -0.39 is 20.8 Å². The van der Waals surface area contributed by atoms with Crippen molar-refractivity contribution in [3.05, 3.63) is 23.9 Å². The first kappa shape index (κ1) is 20.0. The number of aromatic nitrogens is 1. The maximum Gasteiger partial charge on any atom is 0.240 e. The molecule has 0 radical (unpaired) electrons. The number of nitrogen functional groups attached to an aromatic ring is 1. The molecule has 1 rings (SSSR count). The first-order valence-corrected chi connectivity index (χ1v) is 10.8. The summed E-state index contributed by atoms with van der Waals surface area (Å²) >= 11 is 0. The number of nitrogens with one attached hydrogen (secondary N) is 1. The molecule has 132 valence electrons. The lowest BCUT2D eigenvalue weighted by atomic mass is 10.0. The molecule has 4 nitrogen and oxygen atoms in total. The lowest BCUT2D eigenvalue weighted by Crippen LogP contribution is -2.42. The molecule has 3 N–H and O–H groups in total. The van der Waals surface area contributed by atoms with E-state index in [0.717, 1.165) is 0 Å². The molecule has 0 fully saturated rings. The topological polar surface area (TPSA) is 60.2 Å². The Morgan fingerprint density at radius 1 is 1.35 bits per heavy atom. The highest BCUT2D eigenvalue weighted by molar-refractivity contribution is 6.74. The Morgan fingerprint density at radius 2 is 2.00 bits per heavy atom. The number of rotatable bonds is 8. The van der Waals surface area contributed by atoms with Crippen molar-refractivity contribution in [1.29, 1.82) is 0 Å². The third kappa shape index (κ3) is 6.16. The Morgan fingerprint density at radius 3 is 2.52 bits per heavy atom. The Kier molecular flexibility index (Phi) is 7.10. The van der Waals surface area contributed by atoms with Gasteiger partial charge in [0.15, 0.2) is 8.32 Å². The zero-order valence-electron chi connectivity index (χ0n) is 14.7. The molecular formula is C16H29F2N3OSi. The van der Waals surface area contributed by atoms with Crippen LogP contribution >= 0.6 is 0 Å². The van der Waals surface area contributed by atoms with Crippen LogP contribution in [0.4, 0.5) is 14.6 Å². The second kappa shape index (κ2) is 8.17.